The Labute approximate surface area is 88.6 Å². The van der Waals surface area contributed by atoms with Gasteiger partial charge >= 0.3 is 0 Å². The number of hydrogen-bond acceptors (Lipinski definition) is 4. The standard InChI is InChI=1S/C10H17N3O2/c1-6(2)13-7(3)12-4-8(10(13)15)9(11)5-14/h4,6,9,14H,5,11H2,1-3H3. The molecule has 0 saturated heterocycles. The monoisotopic (exact) mass is 211 g/mol. The number of hydrogen-bond donors (Lipinski definition) is 2. The normalized spacial score (nSPS) is 13.2. The molecule has 3 N–H and O–H groups in total. The van der Waals surface area contributed by atoms with E-state index in [9.17, 15) is 4.79 Å². The average Bonchev–Trinajstić information content (AvgIpc) is 2.16. The summed E-state index contributed by atoms with van der Waals surface area (Å²) in [5.41, 5.74) is 5.80. The Balaban J connectivity index is 3.35. The SMILES string of the molecule is Cc1ncc(C(N)CO)c(=O)n1C(C)C. The molecule has 0 aliphatic heterocycles. The lowest BCUT2D eigenvalue weighted by Gasteiger charge is -2.16. The molecule has 84 valence electrons. The molecule has 1 rings (SSSR count). The summed E-state index contributed by atoms with van der Waals surface area (Å²) >= 11 is 0. The van der Waals surface area contributed by atoms with E-state index in [1.54, 1.807) is 11.5 Å². The number of aliphatic hydroxyl groups excluding tert-OH is 1. The first-order chi connectivity index (χ1) is 6.99. The highest BCUT2D eigenvalue weighted by Crippen LogP contribution is 2.07. The van der Waals surface area contributed by atoms with Crippen molar-refractivity contribution in [3.05, 3.63) is 27.9 Å². The second kappa shape index (κ2) is 4.55. The minimum Gasteiger partial charge on any atom is -0.394 e. The van der Waals surface area contributed by atoms with Crippen LogP contribution in [0.4, 0.5) is 0 Å². The van der Waals surface area contributed by atoms with Crippen molar-refractivity contribution in [1.29, 1.82) is 0 Å². The van der Waals surface area contributed by atoms with Crippen LogP contribution < -0.4 is 11.3 Å². The summed E-state index contributed by atoms with van der Waals surface area (Å²) in [6.45, 7) is 5.34. The van der Waals surface area contributed by atoms with Gasteiger partial charge < -0.3 is 10.8 Å². The topological polar surface area (TPSA) is 81.1 Å². The van der Waals surface area contributed by atoms with Gasteiger partial charge in [0.15, 0.2) is 0 Å². The molecule has 0 amide bonds. The second-order valence-electron chi connectivity index (χ2n) is 3.82. The molecule has 5 heteroatoms. The van der Waals surface area contributed by atoms with E-state index in [0.29, 0.717) is 11.4 Å². The summed E-state index contributed by atoms with van der Waals surface area (Å²) in [6.07, 6.45) is 1.44. The molecule has 1 aromatic rings. The van der Waals surface area contributed by atoms with Crippen LogP contribution in [0, 0.1) is 6.92 Å². The maximum absolute atomic E-state index is 12.0. The molecular weight excluding hydrogens is 194 g/mol. The van der Waals surface area contributed by atoms with Gasteiger partial charge in [-0.3, -0.25) is 9.36 Å². The summed E-state index contributed by atoms with van der Waals surface area (Å²) in [4.78, 5) is 16.1. The maximum atomic E-state index is 12.0. The minimum absolute atomic E-state index is 0.0378. The van der Waals surface area contributed by atoms with Gasteiger partial charge in [0.25, 0.3) is 5.56 Å². The molecule has 0 aromatic carbocycles. The predicted octanol–water partition coefficient (Wildman–Crippen LogP) is 0.125. The van der Waals surface area contributed by atoms with Crippen LogP contribution in [0.2, 0.25) is 0 Å². The summed E-state index contributed by atoms with van der Waals surface area (Å²) in [6, 6.07) is -0.619. The summed E-state index contributed by atoms with van der Waals surface area (Å²) in [5, 5.41) is 8.91. The first-order valence-corrected chi connectivity index (χ1v) is 4.93. The van der Waals surface area contributed by atoms with Gasteiger partial charge in [-0.1, -0.05) is 0 Å². The lowest BCUT2D eigenvalue weighted by atomic mass is 10.1. The summed E-state index contributed by atoms with van der Waals surface area (Å²) < 4.78 is 1.57. The number of rotatable bonds is 3. The molecule has 1 unspecified atom stereocenters. The molecule has 0 aliphatic carbocycles. The number of aliphatic hydroxyl groups is 1. The zero-order valence-corrected chi connectivity index (χ0v) is 9.27. The Hall–Kier alpha value is -1.20. The molecule has 0 aliphatic rings. The van der Waals surface area contributed by atoms with Crippen molar-refractivity contribution in [2.24, 2.45) is 5.73 Å². The second-order valence-corrected chi connectivity index (χ2v) is 3.82. The fraction of sp³-hybridized carbons (Fsp3) is 0.600. The molecule has 1 heterocycles. The third kappa shape index (κ3) is 2.24. The molecule has 15 heavy (non-hydrogen) atoms. The van der Waals surface area contributed by atoms with Crippen LogP contribution in [-0.2, 0) is 0 Å². The fourth-order valence-corrected chi connectivity index (χ4v) is 1.53. The smallest absolute Gasteiger partial charge is 0.258 e. The van der Waals surface area contributed by atoms with Crippen molar-refractivity contribution in [1.82, 2.24) is 9.55 Å². The Bertz CT molecular complexity index is 398. The Kier molecular flexibility index (Phi) is 3.60. The quantitative estimate of drug-likeness (QED) is 0.744. The Morgan fingerprint density at radius 3 is 2.67 bits per heavy atom. The Morgan fingerprint density at radius 1 is 1.60 bits per heavy atom. The molecule has 0 fully saturated rings. The Morgan fingerprint density at radius 2 is 2.20 bits per heavy atom. The molecule has 1 aromatic heterocycles. The van der Waals surface area contributed by atoms with Gasteiger partial charge in [0, 0.05) is 12.2 Å². The van der Waals surface area contributed by atoms with E-state index in [2.05, 4.69) is 4.98 Å². The number of nitrogens with two attached hydrogens (primary N) is 1. The van der Waals surface area contributed by atoms with E-state index in [4.69, 9.17) is 10.8 Å². The summed E-state index contributed by atoms with van der Waals surface area (Å²) in [7, 11) is 0. The van der Waals surface area contributed by atoms with E-state index in [1.807, 2.05) is 13.8 Å². The van der Waals surface area contributed by atoms with Gasteiger partial charge in [-0.15, -0.1) is 0 Å². The van der Waals surface area contributed by atoms with Gasteiger partial charge in [-0.25, -0.2) is 4.98 Å². The molecule has 0 radical (unpaired) electrons. The van der Waals surface area contributed by atoms with E-state index >= 15 is 0 Å². The number of aryl methyl sites for hydroxylation is 1. The molecular formula is C10H17N3O2. The van der Waals surface area contributed by atoms with Gasteiger partial charge in [0.2, 0.25) is 0 Å². The molecule has 5 nitrogen and oxygen atoms in total. The van der Waals surface area contributed by atoms with Crippen molar-refractivity contribution >= 4 is 0 Å². The lowest BCUT2D eigenvalue weighted by molar-refractivity contribution is 0.266. The first-order valence-electron chi connectivity index (χ1n) is 4.93. The van der Waals surface area contributed by atoms with Crippen LogP contribution in [0.1, 0.15) is 37.3 Å². The van der Waals surface area contributed by atoms with Gasteiger partial charge in [-0.2, -0.15) is 0 Å². The van der Waals surface area contributed by atoms with Crippen LogP contribution in [0.3, 0.4) is 0 Å². The van der Waals surface area contributed by atoms with Crippen molar-refractivity contribution in [2.45, 2.75) is 32.9 Å². The van der Waals surface area contributed by atoms with Crippen LogP contribution in [0.15, 0.2) is 11.0 Å². The summed E-state index contributed by atoms with van der Waals surface area (Å²) in [5.74, 6) is 0.656. The highest BCUT2D eigenvalue weighted by molar-refractivity contribution is 5.12. The number of nitrogens with zero attached hydrogens (tertiary/aromatic N) is 2. The van der Waals surface area contributed by atoms with Crippen LogP contribution in [-0.4, -0.2) is 21.3 Å². The predicted molar refractivity (Wildman–Crippen MR) is 57.6 cm³/mol. The highest BCUT2D eigenvalue weighted by Gasteiger charge is 2.14. The molecule has 0 saturated carbocycles. The van der Waals surface area contributed by atoms with Gasteiger partial charge in [-0.05, 0) is 20.8 Å². The third-order valence-electron chi connectivity index (χ3n) is 2.32. The minimum atomic E-state index is -0.657. The largest absolute Gasteiger partial charge is 0.394 e. The molecule has 0 bridgehead atoms. The van der Waals surface area contributed by atoms with Gasteiger partial charge in [0.05, 0.1) is 18.2 Å². The number of aromatic nitrogens is 2. The van der Waals surface area contributed by atoms with Crippen molar-refractivity contribution in [3.63, 3.8) is 0 Å². The van der Waals surface area contributed by atoms with Crippen molar-refractivity contribution in [2.75, 3.05) is 6.61 Å². The average molecular weight is 211 g/mol. The van der Waals surface area contributed by atoms with Crippen LogP contribution in [0.25, 0.3) is 0 Å². The molecule has 1 atom stereocenters. The van der Waals surface area contributed by atoms with Crippen molar-refractivity contribution in [3.8, 4) is 0 Å². The van der Waals surface area contributed by atoms with Crippen LogP contribution in [0.5, 0.6) is 0 Å². The van der Waals surface area contributed by atoms with E-state index in [-0.39, 0.29) is 18.2 Å². The zero-order valence-electron chi connectivity index (χ0n) is 9.27. The highest BCUT2D eigenvalue weighted by atomic mass is 16.3. The molecule has 0 spiro atoms. The van der Waals surface area contributed by atoms with Crippen LogP contribution >= 0.6 is 0 Å². The van der Waals surface area contributed by atoms with Crippen molar-refractivity contribution < 1.29 is 5.11 Å². The van der Waals surface area contributed by atoms with E-state index in [0.717, 1.165) is 0 Å². The van der Waals surface area contributed by atoms with E-state index in [1.165, 1.54) is 6.20 Å². The van der Waals surface area contributed by atoms with Gasteiger partial charge in [0.1, 0.15) is 5.82 Å². The third-order valence-corrected chi connectivity index (χ3v) is 2.32. The van der Waals surface area contributed by atoms with E-state index < -0.39 is 6.04 Å². The lowest BCUT2D eigenvalue weighted by Crippen LogP contribution is -2.32. The fourth-order valence-electron chi connectivity index (χ4n) is 1.53. The maximum Gasteiger partial charge on any atom is 0.258 e. The first kappa shape index (κ1) is 11.9. The zero-order chi connectivity index (χ0) is 11.6.